The van der Waals surface area contributed by atoms with Gasteiger partial charge in [0, 0.05) is 24.5 Å². The molecular weight excluding hydrogens is 344 g/mol. The lowest BCUT2D eigenvalue weighted by atomic mass is 10.2. The summed E-state index contributed by atoms with van der Waals surface area (Å²) < 4.78 is 54.1. The maximum Gasteiger partial charge on any atom is 0.340 e. The summed E-state index contributed by atoms with van der Waals surface area (Å²) in [6.07, 6.45) is -1.26. The predicted molar refractivity (Wildman–Crippen MR) is 78.6 cm³/mol. The van der Waals surface area contributed by atoms with Crippen LogP contribution in [0, 0.1) is 6.92 Å². The van der Waals surface area contributed by atoms with Gasteiger partial charge < -0.3 is 10.1 Å². The summed E-state index contributed by atoms with van der Waals surface area (Å²) in [5, 5.41) is 2.60. The van der Waals surface area contributed by atoms with E-state index in [-0.39, 0.29) is 18.1 Å². The number of amides is 1. The van der Waals surface area contributed by atoms with Gasteiger partial charge in [0.1, 0.15) is 12.0 Å². The molecule has 0 bridgehead atoms. The minimum atomic E-state index is -4.25. The maximum absolute atomic E-state index is 12.7. The summed E-state index contributed by atoms with van der Waals surface area (Å²) in [4.78, 5) is 23.4. The van der Waals surface area contributed by atoms with E-state index in [1.165, 1.54) is 30.7 Å². The van der Waals surface area contributed by atoms with E-state index in [4.69, 9.17) is 0 Å². The Balaban J connectivity index is 1.87. The van der Waals surface area contributed by atoms with Crippen molar-refractivity contribution in [2.24, 2.45) is 0 Å². The molecule has 0 aliphatic rings. The number of hydrogen-bond donors (Lipinski definition) is 1. The van der Waals surface area contributed by atoms with Gasteiger partial charge in [0.15, 0.2) is 6.61 Å². The summed E-state index contributed by atoms with van der Waals surface area (Å²) in [5.74, 6) is -4.88. The molecule has 6 nitrogen and oxygen atoms in total. The van der Waals surface area contributed by atoms with Crippen LogP contribution in [0.4, 0.5) is 17.6 Å². The summed E-state index contributed by atoms with van der Waals surface area (Å²) in [6, 6.07) is 4.24. The molecule has 2 rings (SSSR count). The van der Waals surface area contributed by atoms with Gasteiger partial charge in [-0.3, -0.25) is 4.79 Å². The molecule has 1 amide bonds. The molecule has 0 saturated heterocycles. The van der Waals surface area contributed by atoms with Gasteiger partial charge in [-0.25, -0.2) is 23.7 Å². The third kappa shape index (κ3) is 5.37. The van der Waals surface area contributed by atoms with Crippen molar-refractivity contribution >= 4 is 5.91 Å². The molecule has 2 heterocycles. The molecule has 0 unspecified atom stereocenters. The number of hydrogen-bond acceptors (Lipinski definition) is 5. The molecule has 10 heteroatoms. The highest BCUT2D eigenvalue weighted by atomic mass is 19.3. The highest BCUT2D eigenvalue weighted by molar-refractivity contribution is 5.92. The number of carbonyl (C=O) groups is 1. The van der Waals surface area contributed by atoms with Gasteiger partial charge in [0.05, 0.1) is 0 Å². The van der Waals surface area contributed by atoms with Gasteiger partial charge in [0.2, 0.25) is 5.88 Å². The number of ether oxygens (including phenoxy) is 1. The zero-order valence-electron chi connectivity index (χ0n) is 13.0. The first-order valence-electron chi connectivity index (χ1n) is 7.08. The SMILES string of the molecule is Cc1cc(C(=O)NCc2ccc(OCC(F)(F)C(F)F)nc2)ncn1. The second-order valence-electron chi connectivity index (χ2n) is 5.08. The van der Waals surface area contributed by atoms with E-state index in [9.17, 15) is 22.4 Å². The summed E-state index contributed by atoms with van der Waals surface area (Å²) in [6.45, 7) is 0.363. The van der Waals surface area contributed by atoms with Crippen molar-refractivity contribution in [1.82, 2.24) is 20.3 Å². The molecule has 0 aliphatic heterocycles. The largest absolute Gasteiger partial charge is 0.471 e. The first-order valence-corrected chi connectivity index (χ1v) is 7.08. The number of halogens is 4. The summed E-state index contributed by atoms with van der Waals surface area (Å²) in [5.41, 5.74) is 1.41. The van der Waals surface area contributed by atoms with E-state index in [0.29, 0.717) is 11.3 Å². The second-order valence-corrected chi connectivity index (χ2v) is 5.08. The van der Waals surface area contributed by atoms with Crippen LogP contribution in [-0.2, 0) is 6.54 Å². The highest BCUT2D eigenvalue weighted by Crippen LogP contribution is 2.23. The standard InChI is InChI=1S/C15H14F4N4O2/c1-9-4-11(23-8-22-9)13(24)21-6-10-2-3-12(20-5-10)25-7-15(18,19)14(16)17/h2-5,8,14H,6-7H2,1H3,(H,21,24). The number of rotatable bonds is 7. The topological polar surface area (TPSA) is 77.0 Å². The van der Waals surface area contributed by atoms with E-state index in [0.717, 1.165) is 0 Å². The summed E-state index contributed by atoms with van der Waals surface area (Å²) >= 11 is 0. The lowest BCUT2D eigenvalue weighted by Crippen LogP contribution is -2.33. The minimum Gasteiger partial charge on any atom is -0.471 e. The molecule has 0 fully saturated rings. The number of nitrogens with one attached hydrogen (secondary N) is 1. The molecule has 0 aromatic carbocycles. The zero-order chi connectivity index (χ0) is 18.4. The molecule has 2 aromatic heterocycles. The van der Waals surface area contributed by atoms with Crippen LogP contribution in [0.3, 0.4) is 0 Å². The van der Waals surface area contributed by atoms with Crippen LogP contribution in [0.5, 0.6) is 5.88 Å². The third-order valence-corrected chi connectivity index (χ3v) is 3.02. The molecule has 0 radical (unpaired) electrons. The molecule has 0 saturated carbocycles. The lowest BCUT2D eigenvalue weighted by molar-refractivity contribution is -0.148. The summed E-state index contributed by atoms with van der Waals surface area (Å²) in [7, 11) is 0. The van der Waals surface area contributed by atoms with Gasteiger partial charge in [-0.05, 0) is 18.6 Å². The Labute approximate surface area is 140 Å². The van der Waals surface area contributed by atoms with Crippen molar-refractivity contribution in [3.63, 3.8) is 0 Å². The monoisotopic (exact) mass is 358 g/mol. The molecule has 2 aromatic rings. The quantitative estimate of drug-likeness (QED) is 0.769. The van der Waals surface area contributed by atoms with Gasteiger partial charge >= 0.3 is 12.3 Å². The minimum absolute atomic E-state index is 0.113. The van der Waals surface area contributed by atoms with Crippen molar-refractivity contribution in [2.45, 2.75) is 25.8 Å². The molecule has 25 heavy (non-hydrogen) atoms. The van der Waals surface area contributed by atoms with Crippen LogP contribution >= 0.6 is 0 Å². The van der Waals surface area contributed by atoms with Crippen LogP contribution < -0.4 is 10.1 Å². The Hall–Kier alpha value is -2.78. The molecular formula is C15H14F4N4O2. The Bertz CT molecular complexity index is 726. The average molecular weight is 358 g/mol. The fraction of sp³-hybridized carbons (Fsp3) is 0.333. The van der Waals surface area contributed by atoms with Crippen LogP contribution in [0.2, 0.25) is 0 Å². The highest BCUT2D eigenvalue weighted by Gasteiger charge is 2.41. The molecule has 0 atom stereocenters. The van der Waals surface area contributed by atoms with Crippen molar-refractivity contribution in [3.05, 3.63) is 47.7 Å². The third-order valence-electron chi connectivity index (χ3n) is 3.02. The number of nitrogens with zero attached hydrogens (tertiary/aromatic N) is 3. The Morgan fingerprint density at radius 1 is 1.28 bits per heavy atom. The van der Waals surface area contributed by atoms with Crippen LogP contribution in [0.25, 0.3) is 0 Å². The molecule has 0 spiro atoms. The van der Waals surface area contributed by atoms with E-state index in [1.54, 1.807) is 6.92 Å². The van der Waals surface area contributed by atoms with Crippen molar-refractivity contribution in [1.29, 1.82) is 0 Å². The fourth-order valence-electron chi connectivity index (χ4n) is 1.69. The zero-order valence-corrected chi connectivity index (χ0v) is 13.0. The maximum atomic E-state index is 12.7. The normalized spacial score (nSPS) is 11.4. The first kappa shape index (κ1) is 18.6. The van der Waals surface area contributed by atoms with Crippen molar-refractivity contribution < 1.29 is 27.1 Å². The number of pyridine rings is 1. The van der Waals surface area contributed by atoms with Crippen LogP contribution in [0.15, 0.2) is 30.7 Å². The number of aromatic nitrogens is 3. The Morgan fingerprint density at radius 3 is 2.64 bits per heavy atom. The van der Waals surface area contributed by atoms with Crippen molar-refractivity contribution in [2.75, 3.05) is 6.61 Å². The molecule has 1 N–H and O–H groups in total. The molecule has 0 aliphatic carbocycles. The van der Waals surface area contributed by atoms with E-state index >= 15 is 0 Å². The van der Waals surface area contributed by atoms with Crippen LogP contribution in [-0.4, -0.2) is 39.8 Å². The van der Waals surface area contributed by atoms with Gasteiger partial charge in [0.25, 0.3) is 5.91 Å². The van der Waals surface area contributed by atoms with E-state index in [2.05, 4.69) is 25.0 Å². The Kier molecular flexibility index (Phi) is 5.84. The van der Waals surface area contributed by atoms with Gasteiger partial charge in [-0.2, -0.15) is 8.78 Å². The number of aryl methyl sites for hydroxylation is 1. The van der Waals surface area contributed by atoms with E-state index in [1.807, 2.05) is 0 Å². The second kappa shape index (κ2) is 7.86. The smallest absolute Gasteiger partial charge is 0.340 e. The number of carbonyl (C=O) groups excluding carboxylic acids is 1. The van der Waals surface area contributed by atoms with Crippen molar-refractivity contribution in [3.8, 4) is 5.88 Å². The fourth-order valence-corrected chi connectivity index (χ4v) is 1.69. The Morgan fingerprint density at radius 2 is 2.04 bits per heavy atom. The van der Waals surface area contributed by atoms with Crippen LogP contribution in [0.1, 0.15) is 21.7 Å². The number of alkyl halides is 4. The van der Waals surface area contributed by atoms with E-state index < -0.39 is 24.9 Å². The average Bonchev–Trinajstić information content (AvgIpc) is 2.58. The lowest BCUT2D eigenvalue weighted by Gasteiger charge is -2.15. The predicted octanol–water partition coefficient (Wildman–Crippen LogP) is 2.39. The first-order chi connectivity index (χ1) is 11.8. The van der Waals surface area contributed by atoms with Gasteiger partial charge in [-0.15, -0.1) is 0 Å². The van der Waals surface area contributed by atoms with Gasteiger partial charge in [-0.1, -0.05) is 6.07 Å². The molecule has 134 valence electrons.